The third-order valence-electron chi connectivity index (χ3n) is 3.10. The third kappa shape index (κ3) is 2.40. The van der Waals surface area contributed by atoms with Crippen LogP contribution < -0.4 is 0 Å². The van der Waals surface area contributed by atoms with Gasteiger partial charge in [0, 0.05) is 12.1 Å². The fourth-order valence-corrected chi connectivity index (χ4v) is 2.29. The minimum absolute atomic E-state index is 0.743. The molecule has 3 rings (SSSR count). The van der Waals surface area contributed by atoms with Crippen LogP contribution in [0.15, 0.2) is 48.5 Å². The van der Waals surface area contributed by atoms with Gasteiger partial charge in [0.1, 0.15) is 5.82 Å². The van der Waals surface area contributed by atoms with Crippen LogP contribution in [0.3, 0.4) is 0 Å². The van der Waals surface area contributed by atoms with Crippen LogP contribution in [-0.4, -0.2) is 9.55 Å². The van der Waals surface area contributed by atoms with E-state index in [2.05, 4.69) is 15.6 Å². The second kappa shape index (κ2) is 4.90. The molecule has 2 nitrogen and oxygen atoms in total. The van der Waals surface area contributed by atoms with Gasteiger partial charge in [-0.1, -0.05) is 41.9 Å². The third-order valence-corrected chi connectivity index (χ3v) is 3.33. The number of rotatable bonds is 2. The first kappa shape index (κ1) is 12.0. The molecule has 0 saturated heterocycles. The Balaban J connectivity index is 1.99. The van der Waals surface area contributed by atoms with E-state index in [9.17, 15) is 0 Å². The van der Waals surface area contributed by atoms with Crippen molar-refractivity contribution in [2.75, 3.05) is 0 Å². The first-order chi connectivity index (χ1) is 9.24. The number of aromatic nitrogens is 2. The van der Waals surface area contributed by atoms with E-state index in [0.29, 0.717) is 0 Å². The van der Waals surface area contributed by atoms with Gasteiger partial charge in [0.05, 0.1) is 11.0 Å². The van der Waals surface area contributed by atoms with Crippen LogP contribution in [0.4, 0.5) is 0 Å². The topological polar surface area (TPSA) is 17.8 Å². The molecule has 0 amide bonds. The zero-order valence-electron chi connectivity index (χ0n) is 10.5. The highest BCUT2D eigenvalue weighted by Crippen LogP contribution is 2.17. The van der Waals surface area contributed by atoms with Crippen LogP contribution in [0.25, 0.3) is 23.2 Å². The molecule has 19 heavy (non-hydrogen) atoms. The second-order valence-electron chi connectivity index (χ2n) is 4.41. The first-order valence-corrected chi connectivity index (χ1v) is 6.47. The molecule has 0 aliphatic heterocycles. The highest BCUT2D eigenvalue weighted by Gasteiger charge is 2.03. The maximum absolute atomic E-state index is 5.97. The summed E-state index contributed by atoms with van der Waals surface area (Å²) >= 11 is 5.97. The van der Waals surface area contributed by atoms with E-state index < -0.39 is 0 Å². The van der Waals surface area contributed by atoms with Crippen molar-refractivity contribution in [2.45, 2.75) is 0 Å². The van der Waals surface area contributed by atoms with E-state index >= 15 is 0 Å². The molecule has 0 spiro atoms. The number of halogens is 1. The van der Waals surface area contributed by atoms with E-state index in [1.165, 1.54) is 0 Å². The van der Waals surface area contributed by atoms with Crippen LogP contribution in [-0.2, 0) is 7.05 Å². The minimum Gasteiger partial charge on any atom is -0.328 e. The van der Waals surface area contributed by atoms with Gasteiger partial charge in [-0.2, -0.15) is 0 Å². The Hall–Kier alpha value is -2.06. The summed E-state index contributed by atoms with van der Waals surface area (Å²) in [6.07, 6.45) is 4.03. The van der Waals surface area contributed by atoms with E-state index in [1.807, 2.05) is 61.7 Å². The van der Waals surface area contributed by atoms with E-state index in [-0.39, 0.29) is 0 Å². The molecular formula is C16H13ClN2. The van der Waals surface area contributed by atoms with Crippen molar-refractivity contribution in [3.63, 3.8) is 0 Å². The number of nitrogens with zero attached hydrogens (tertiary/aromatic N) is 2. The summed E-state index contributed by atoms with van der Waals surface area (Å²) in [7, 11) is 2.02. The summed E-state index contributed by atoms with van der Waals surface area (Å²) in [5, 5.41) is 0.743. The number of imidazole rings is 1. The molecule has 3 heteroatoms. The summed E-state index contributed by atoms with van der Waals surface area (Å²) in [5.74, 6) is 0.932. The van der Waals surface area contributed by atoms with Gasteiger partial charge < -0.3 is 4.57 Å². The maximum atomic E-state index is 5.97. The Morgan fingerprint density at radius 3 is 2.68 bits per heavy atom. The molecule has 0 unspecified atom stereocenters. The van der Waals surface area contributed by atoms with Crippen LogP contribution in [0.2, 0.25) is 5.02 Å². The predicted molar refractivity (Wildman–Crippen MR) is 81.1 cm³/mol. The van der Waals surface area contributed by atoms with E-state index in [0.717, 1.165) is 27.4 Å². The van der Waals surface area contributed by atoms with Crippen molar-refractivity contribution in [1.82, 2.24) is 9.55 Å². The molecule has 0 fully saturated rings. The van der Waals surface area contributed by atoms with Crippen LogP contribution in [0.5, 0.6) is 0 Å². The van der Waals surface area contributed by atoms with Crippen molar-refractivity contribution >= 4 is 34.8 Å². The van der Waals surface area contributed by atoms with Gasteiger partial charge in [-0.3, -0.25) is 0 Å². The Labute approximate surface area is 117 Å². The molecule has 0 bridgehead atoms. The summed E-state index contributed by atoms with van der Waals surface area (Å²) in [6.45, 7) is 0. The quantitative estimate of drug-likeness (QED) is 0.674. The molecule has 94 valence electrons. The van der Waals surface area contributed by atoms with Gasteiger partial charge in [-0.25, -0.2) is 4.98 Å². The van der Waals surface area contributed by atoms with Crippen LogP contribution in [0.1, 0.15) is 11.4 Å². The Morgan fingerprint density at radius 2 is 1.89 bits per heavy atom. The van der Waals surface area contributed by atoms with Crippen LogP contribution >= 0.6 is 11.6 Å². The number of fused-ring (bicyclic) bond motifs is 1. The zero-order chi connectivity index (χ0) is 13.2. The van der Waals surface area contributed by atoms with Crippen molar-refractivity contribution in [3.8, 4) is 0 Å². The summed E-state index contributed by atoms with van der Waals surface area (Å²) in [4.78, 5) is 4.59. The smallest absolute Gasteiger partial charge is 0.133 e. The lowest BCUT2D eigenvalue weighted by Crippen LogP contribution is -1.90. The summed E-state index contributed by atoms with van der Waals surface area (Å²) < 4.78 is 2.08. The number of hydrogen-bond acceptors (Lipinski definition) is 1. The molecule has 0 aliphatic rings. The number of hydrogen-bond donors (Lipinski definition) is 0. The molecule has 0 radical (unpaired) electrons. The molecule has 1 aromatic heterocycles. The van der Waals surface area contributed by atoms with Gasteiger partial charge in [-0.05, 0) is 35.9 Å². The van der Waals surface area contributed by atoms with Crippen molar-refractivity contribution in [3.05, 3.63) is 64.9 Å². The van der Waals surface area contributed by atoms with Gasteiger partial charge in [-0.15, -0.1) is 0 Å². The molecule has 0 saturated carbocycles. The van der Waals surface area contributed by atoms with Crippen molar-refractivity contribution in [1.29, 1.82) is 0 Å². The number of benzene rings is 2. The molecule has 3 aromatic rings. The summed E-state index contributed by atoms with van der Waals surface area (Å²) in [6, 6.07) is 15.9. The highest BCUT2D eigenvalue weighted by molar-refractivity contribution is 6.30. The molecule has 0 aliphatic carbocycles. The van der Waals surface area contributed by atoms with Gasteiger partial charge in [0.25, 0.3) is 0 Å². The van der Waals surface area contributed by atoms with Crippen molar-refractivity contribution < 1.29 is 0 Å². The van der Waals surface area contributed by atoms with Crippen molar-refractivity contribution in [2.24, 2.45) is 7.05 Å². The maximum Gasteiger partial charge on any atom is 0.133 e. The fraction of sp³-hybridized carbons (Fsp3) is 0.0625. The number of para-hydroxylation sites is 2. The van der Waals surface area contributed by atoms with Gasteiger partial charge in [0.15, 0.2) is 0 Å². The van der Waals surface area contributed by atoms with Gasteiger partial charge in [0.2, 0.25) is 0 Å². The SMILES string of the molecule is Cn1c(/C=C/c2cccc(Cl)c2)nc2ccccc21. The first-order valence-electron chi connectivity index (χ1n) is 6.09. The lowest BCUT2D eigenvalue weighted by atomic mass is 10.2. The molecule has 0 atom stereocenters. The lowest BCUT2D eigenvalue weighted by molar-refractivity contribution is 0.930. The average molecular weight is 269 g/mol. The van der Waals surface area contributed by atoms with Gasteiger partial charge >= 0.3 is 0 Å². The van der Waals surface area contributed by atoms with Crippen LogP contribution in [0, 0.1) is 0 Å². The predicted octanol–water partition coefficient (Wildman–Crippen LogP) is 4.40. The van der Waals surface area contributed by atoms with E-state index in [4.69, 9.17) is 11.6 Å². The lowest BCUT2D eigenvalue weighted by Gasteiger charge is -1.97. The largest absolute Gasteiger partial charge is 0.328 e. The Morgan fingerprint density at radius 1 is 1.05 bits per heavy atom. The standard InChI is InChI=1S/C16H13ClN2/c1-19-15-8-3-2-7-14(15)18-16(19)10-9-12-5-4-6-13(17)11-12/h2-11H,1H3/b10-9+. The molecule has 2 aromatic carbocycles. The van der Waals surface area contributed by atoms with E-state index in [1.54, 1.807) is 0 Å². The normalized spacial score (nSPS) is 11.5. The Kier molecular flexibility index (Phi) is 3.10. The monoisotopic (exact) mass is 268 g/mol. The minimum atomic E-state index is 0.743. The summed E-state index contributed by atoms with van der Waals surface area (Å²) in [5.41, 5.74) is 3.21. The fourth-order valence-electron chi connectivity index (χ4n) is 2.09. The zero-order valence-corrected chi connectivity index (χ0v) is 11.3. The molecule has 1 heterocycles. The number of aryl methyl sites for hydroxylation is 1. The molecular weight excluding hydrogens is 256 g/mol. The second-order valence-corrected chi connectivity index (χ2v) is 4.84. The Bertz CT molecular complexity index is 756. The highest BCUT2D eigenvalue weighted by atomic mass is 35.5. The average Bonchev–Trinajstić information content (AvgIpc) is 2.74. The molecule has 0 N–H and O–H groups in total.